The number of esters is 2. The monoisotopic (exact) mass is 589 g/mol. The Morgan fingerprint density at radius 3 is 1.98 bits per heavy atom. The minimum absolute atomic E-state index is 0.0715. The van der Waals surface area contributed by atoms with Crippen molar-refractivity contribution in [2.45, 2.75) is 51.1 Å². The van der Waals surface area contributed by atoms with Crippen LogP contribution in [0.3, 0.4) is 0 Å². The molecule has 0 saturated carbocycles. The molecule has 3 aromatic carbocycles. The predicted octanol–water partition coefficient (Wildman–Crippen LogP) is 3.54. The van der Waals surface area contributed by atoms with E-state index >= 15 is 0 Å². The molecule has 1 fully saturated rings. The quantitative estimate of drug-likeness (QED) is 0.256. The summed E-state index contributed by atoms with van der Waals surface area (Å²) in [5, 5.41) is 0. The molecule has 224 valence electrons. The Kier molecular flexibility index (Phi) is 9.03. The minimum atomic E-state index is -1.35. The average Bonchev–Trinajstić information content (AvgIpc) is 3.25. The van der Waals surface area contributed by atoms with E-state index in [-0.39, 0.29) is 24.3 Å². The van der Waals surface area contributed by atoms with Gasteiger partial charge >= 0.3 is 11.9 Å². The molecule has 2 heterocycles. The largest absolute Gasteiger partial charge is 0.497 e. The summed E-state index contributed by atoms with van der Waals surface area (Å²) in [5.41, 5.74) is 1.20. The lowest BCUT2D eigenvalue weighted by molar-refractivity contribution is -0.271. The highest BCUT2D eigenvalue weighted by molar-refractivity contribution is 6.21. The Balaban J connectivity index is 1.57. The number of fused-ring (bicyclic) bond motifs is 1. The Morgan fingerprint density at radius 2 is 1.40 bits per heavy atom. The molecule has 2 aliphatic rings. The van der Waals surface area contributed by atoms with Gasteiger partial charge in [0, 0.05) is 13.8 Å². The zero-order chi connectivity index (χ0) is 30.5. The predicted molar refractivity (Wildman–Crippen MR) is 150 cm³/mol. The second kappa shape index (κ2) is 13.1. The van der Waals surface area contributed by atoms with Gasteiger partial charge < -0.3 is 28.4 Å². The number of carbonyl (C=O) groups excluding carboxylic acids is 4. The van der Waals surface area contributed by atoms with Gasteiger partial charge in [0.15, 0.2) is 6.10 Å². The van der Waals surface area contributed by atoms with Crippen molar-refractivity contribution in [2.24, 2.45) is 0 Å². The van der Waals surface area contributed by atoms with Crippen LogP contribution in [0.1, 0.15) is 40.1 Å². The van der Waals surface area contributed by atoms with E-state index in [0.29, 0.717) is 11.5 Å². The van der Waals surface area contributed by atoms with Gasteiger partial charge in [-0.3, -0.25) is 24.1 Å². The molecular formula is C32H31NO10. The van der Waals surface area contributed by atoms with Crippen molar-refractivity contribution in [3.05, 3.63) is 95.6 Å². The highest BCUT2D eigenvalue weighted by Gasteiger charge is 2.57. The van der Waals surface area contributed by atoms with Crippen LogP contribution in [0.5, 0.6) is 11.5 Å². The molecule has 2 amide bonds. The number of methoxy groups -OCH3 is 1. The van der Waals surface area contributed by atoms with Gasteiger partial charge in [0.2, 0.25) is 6.29 Å². The molecule has 1 saturated heterocycles. The van der Waals surface area contributed by atoms with Crippen LogP contribution in [0.15, 0.2) is 78.9 Å². The fraction of sp³-hybridized carbons (Fsp3) is 0.312. The second-order valence-electron chi connectivity index (χ2n) is 9.99. The zero-order valence-electron chi connectivity index (χ0n) is 23.8. The van der Waals surface area contributed by atoms with Crippen LogP contribution in [0.25, 0.3) is 0 Å². The molecule has 2 aliphatic heterocycles. The number of amides is 2. The summed E-state index contributed by atoms with van der Waals surface area (Å²) < 4.78 is 35.2. The fourth-order valence-corrected chi connectivity index (χ4v) is 5.16. The van der Waals surface area contributed by atoms with Crippen molar-refractivity contribution < 1.29 is 47.6 Å². The first-order chi connectivity index (χ1) is 20.8. The molecule has 5 atom stereocenters. The molecule has 0 N–H and O–H groups in total. The van der Waals surface area contributed by atoms with Gasteiger partial charge in [-0.05, 0) is 42.0 Å². The lowest BCUT2D eigenvalue weighted by atomic mass is 9.94. The summed E-state index contributed by atoms with van der Waals surface area (Å²) in [7, 11) is 1.53. The third-order valence-electron chi connectivity index (χ3n) is 7.09. The molecule has 0 aromatic heterocycles. The maximum absolute atomic E-state index is 13.7. The number of nitrogens with zero attached hydrogens (tertiary/aromatic N) is 1. The molecule has 0 aliphatic carbocycles. The van der Waals surface area contributed by atoms with Crippen molar-refractivity contribution in [1.29, 1.82) is 0 Å². The first-order valence-corrected chi connectivity index (χ1v) is 13.7. The van der Waals surface area contributed by atoms with E-state index in [4.69, 9.17) is 28.4 Å². The van der Waals surface area contributed by atoms with E-state index in [1.54, 1.807) is 48.5 Å². The molecule has 43 heavy (non-hydrogen) atoms. The molecule has 0 spiro atoms. The summed E-state index contributed by atoms with van der Waals surface area (Å²) in [5.74, 6) is -1.55. The third-order valence-corrected chi connectivity index (χ3v) is 7.09. The van der Waals surface area contributed by atoms with Crippen molar-refractivity contribution >= 4 is 23.8 Å². The topological polar surface area (TPSA) is 127 Å². The van der Waals surface area contributed by atoms with Crippen LogP contribution in [0.2, 0.25) is 0 Å². The molecule has 11 nitrogen and oxygen atoms in total. The molecule has 0 unspecified atom stereocenters. The standard InChI is InChI=1S/C32H31NO10/c1-19(34)39-18-26-28(40-17-21-9-5-4-6-10-21)29(41-20(2)35)27(32(43-26)42-23-15-13-22(38-3)14-16-23)33-30(36)24-11-7-8-12-25(24)31(33)37/h4-16,26-29,32H,17-18H2,1-3H3/t26-,27-,28-,29-,32-/m1/s1. The van der Waals surface area contributed by atoms with Gasteiger partial charge in [-0.1, -0.05) is 42.5 Å². The van der Waals surface area contributed by atoms with Gasteiger partial charge in [0.25, 0.3) is 11.8 Å². The summed E-state index contributed by atoms with van der Waals surface area (Å²) in [6.07, 6.45) is -4.70. The van der Waals surface area contributed by atoms with E-state index in [1.807, 2.05) is 30.3 Å². The summed E-state index contributed by atoms with van der Waals surface area (Å²) in [6, 6.07) is 21.0. The average molecular weight is 590 g/mol. The lowest BCUT2D eigenvalue weighted by Crippen LogP contribution is -2.68. The number of hydrogen-bond donors (Lipinski definition) is 0. The normalized spacial score (nSPS) is 23.0. The number of benzene rings is 3. The number of ether oxygens (including phenoxy) is 6. The smallest absolute Gasteiger partial charge is 0.303 e. The van der Waals surface area contributed by atoms with E-state index in [2.05, 4.69) is 0 Å². The maximum Gasteiger partial charge on any atom is 0.303 e. The maximum atomic E-state index is 13.7. The van der Waals surface area contributed by atoms with Gasteiger partial charge in [-0.25, -0.2) is 0 Å². The molecular weight excluding hydrogens is 558 g/mol. The van der Waals surface area contributed by atoms with E-state index in [1.165, 1.54) is 21.0 Å². The number of hydrogen-bond acceptors (Lipinski definition) is 10. The van der Waals surface area contributed by atoms with Gasteiger partial charge in [-0.2, -0.15) is 0 Å². The summed E-state index contributed by atoms with van der Waals surface area (Å²) in [4.78, 5) is 52.8. The van der Waals surface area contributed by atoms with Crippen molar-refractivity contribution in [3.63, 3.8) is 0 Å². The molecule has 3 aromatic rings. The zero-order valence-corrected chi connectivity index (χ0v) is 23.8. The Hall–Kier alpha value is -4.74. The van der Waals surface area contributed by atoms with Crippen LogP contribution < -0.4 is 9.47 Å². The summed E-state index contributed by atoms with van der Waals surface area (Å²) in [6.45, 7) is 2.26. The van der Waals surface area contributed by atoms with Gasteiger partial charge in [0.1, 0.15) is 36.4 Å². The van der Waals surface area contributed by atoms with E-state index in [0.717, 1.165) is 10.5 Å². The van der Waals surface area contributed by atoms with Crippen LogP contribution in [0.4, 0.5) is 0 Å². The van der Waals surface area contributed by atoms with Crippen molar-refractivity contribution in [1.82, 2.24) is 4.90 Å². The first-order valence-electron chi connectivity index (χ1n) is 13.7. The number of rotatable bonds is 10. The summed E-state index contributed by atoms with van der Waals surface area (Å²) >= 11 is 0. The minimum Gasteiger partial charge on any atom is -0.497 e. The first kappa shape index (κ1) is 29.7. The van der Waals surface area contributed by atoms with E-state index in [9.17, 15) is 19.2 Å². The molecule has 0 radical (unpaired) electrons. The highest BCUT2D eigenvalue weighted by Crippen LogP contribution is 2.36. The molecule has 11 heteroatoms. The number of imide groups is 1. The third kappa shape index (κ3) is 6.52. The van der Waals surface area contributed by atoms with Crippen LogP contribution >= 0.6 is 0 Å². The van der Waals surface area contributed by atoms with Crippen LogP contribution in [-0.4, -0.2) is 73.0 Å². The van der Waals surface area contributed by atoms with Gasteiger partial charge in [-0.15, -0.1) is 0 Å². The lowest BCUT2D eigenvalue weighted by Gasteiger charge is -2.47. The SMILES string of the molecule is COc1ccc(O[C@@H]2O[C@H](COC(C)=O)[C@@H](OCc3ccccc3)[C@H](OC(C)=O)[C@H]2N2C(=O)c3ccccc3C2=O)cc1. The number of carbonyl (C=O) groups is 4. The second-order valence-corrected chi connectivity index (χ2v) is 9.99. The highest BCUT2D eigenvalue weighted by atomic mass is 16.7. The van der Waals surface area contributed by atoms with Crippen LogP contribution in [0, 0.1) is 0 Å². The van der Waals surface area contributed by atoms with Crippen molar-refractivity contribution in [3.8, 4) is 11.5 Å². The van der Waals surface area contributed by atoms with Crippen molar-refractivity contribution in [2.75, 3.05) is 13.7 Å². The molecule has 0 bridgehead atoms. The van der Waals surface area contributed by atoms with E-state index < -0.39 is 54.4 Å². The van der Waals surface area contributed by atoms with Crippen LogP contribution in [-0.2, 0) is 35.1 Å². The van der Waals surface area contributed by atoms with Gasteiger partial charge in [0.05, 0.1) is 24.8 Å². The fourth-order valence-electron chi connectivity index (χ4n) is 5.16. The Morgan fingerprint density at radius 1 is 0.791 bits per heavy atom. The molecule has 5 rings (SSSR count). The Bertz CT molecular complexity index is 1440. The Labute approximate surface area is 248 Å².